The number of benzene rings is 2. The first kappa shape index (κ1) is 38.5. The third kappa shape index (κ3) is 9.02. The average molecular weight is 730 g/mol. The van der Waals surface area contributed by atoms with Crippen molar-refractivity contribution in [1.82, 2.24) is 35.7 Å². The van der Waals surface area contributed by atoms with Gasteiger partial charge >= 0.3 is 12.2 Å². The van der Waals surface area contributed by atoms with Crippen LogP contribution in [0.5, 0.6) is 0 Å². The second-order valence-electron chi connectivity index (χ2n) is 13.6. The smallest absolute Gasteiger partial charge is 0.407 e. The fourth-order valence-electron chi connectivity index (χ4n) is 6.71. The quantitative estimate of drug-likeness (QED) is 0.201. The van der Waals surface area contributed by atoms with E-state index < -0.39 is 36.2 Å². The highest BCUT2D eigenvalue weighted by molar-refractivity contribution is 6.00. The number of nitrogens with zero attached hydrogens (tertiary/aromatic N) is 3. The van der Waals surface area contributed by atoms with E-state index in [1.807, 2.05) is 50.2 Å². The first-order chi connectivity index (χ1) is 25.4. The number of likely N-dealkylation sites (tertiary alicyclic amines) is 2. The maximum Gasteiger partial charge on any atom is 0.407 e. The van der Waals surface area contributed by atoms with Crippen molar-refractivity contribution < 1.29 is 38.2 Å². The Balaban J connectivity index is 1.16. The number of aromatic nitrogens is 2. The van der Waals surface area contributed by atoms with Gasteiger partial charge in [0.05, 0.1) is 38.7 Å². The third-order valence-corrected chi connectivity index (χ3v) is 9.80. The summed E-state index contributed by atoms with van der Waals surface area (Å²) in [7, 11) is 2.49. The first-order valence-corrected chi connectivity index (χ1v) is 17.8. The van der Waals surface area contributed by atoms with Crippen LogP contribution in [0.4, 0.5) is 9.59 Å². The van der Waals surface area contributed by atoms with Crippen molar-refractivity contribution in [2.24, 2.45) is 5.92 Å². The van der Waals surface area contributed by atoms with Crippen molar-refractivity contribution in [1.29, 1.82) is 0 Å². The molecule has 15 nitrogen and oxygen atoms in total. The minimum absolute atomic E-state index is 0.125. The van der Waals surface area contributed by atoms with E-state index in [-0.39, 0.29) is 36.1 Å². The van der Waals surface area contributed by atoms with Gasteiger partial charge < -0.3 is 40.2 Å². The number of rotatable bonds is 12. The average Bonchev–Trinajstić information content (AvgIpc) is 3.87. The normalized spacial score (nSPS) is 18.3. The molecular formula is C38H47N7O8. The number of carbonyl (C=O) groups excluding carboxylic acids is 6. The van der Waals surface area contributed by atoms with Gasteiger partial charge in [-0.1, -0.05) is 62.4 Å². The highest BCUT2D eigenvalue weighted by atomic mass is 16.5. The van der Waals surface area contributed by atoms with Gasteiger partial charge in [-0.15, -0.1) is 0 Å². The van der Waals surface area contributed by atoms with Crippen LogP contribution in [0, 0.1) is 5.92 Å². The van der Waals surface area contributed by atoms with Gasteiger partial charge in [0, 0.05) is 18.7 Å². The highest BCUT2D eigenvalue weighted by Gasteiger charge is 2.38. The summed E-state index contributed by atoms with van der Waals surface area (Å²) in [5.74, 6) is -0.722. The van der Waals surface area contributed by atoms with Crippen LogP contribution in [-0.2, 0) is 23.9 Å². The molecular weight excluding hydrogens is 682 g/mol. The topological polar surface area (TPSA) is 192 Å². The van der Waals surface area contributed by atoms with E-state index in [9.17, 15) is 28.8 Å². The van der Waals surface area contributed by atoms with Crippen LogP contribution in [0.1, 0.15) is 68.7 Å². The molecule has 0 radical (unpaired) electrons. The van der Waals surface area contributed by atoms with E-state index in [2.05, 4.69) is 30.7 Å². The number of Topliss-reactive ketones (excluding diaryl/α,β-unsaturated/α-hetero) is 1. The second kappa shape index (κ2) is 17.2. The van der Waals surface area contributed by atoms with Crippen LogP contribution in [-0.4, -0.2) is 107 Å². The standard InChI is InChI=1S/C38H47N7O8/c1-22(2)32(43-38(51)53-5)36(49)45-19-7-9-30(45)33-39-20-29(41-33)26-14-10-24(11-15-26)25-12-16-27(17-13-25)31(46)21-40-34(47)23(3)44-18-6-8-28(35(44)48)42-37(50)52-4/h10-17,20,22-23,28,30,32H,6-9,18-19,21H2,1-5H3,(H,39,41)(H,40,47)(H,42,50)(H,43,51)/t23-,28+,30-,32-/m0/s1. The summed E-state index contributed by atoms with van der Waals surface area (Å²) < 4.78 is 9.31. The number of hydrogen-bond acceptors (Lipinski definition) is 9. The molecule has 2 aliphatic rings. The molecule has 0 bridgehead atoms. The van der Waals surface area contributed by atoms with Crippen molar-refractivity contribution in [3.8, 4) is 22.4 Å². The lowest BCUT2D eigenvalue weighted by Gasteiger charge is -2.35. The lowest BCUT2D eigenvalue weighted by Crippen LogP contribution is -2.58. The van der Waals surface area contributed by atoms with Crippen LogP contribution < -0.4 is 16.0 Å². The summed E-state index contributed by atoms with van der Waals surface area (Å²) in [5.41, 5.74) is 3.98. The molecule has 5 amide bonds. The zero-order valence-corrected chi connectivity index (χ0v) is 30.6. The maximum atomic E-state index is 13.5. The fourth-order valence-corrected chi connectivity index (χ4v) is 6.71. The third-order valence-electron chi connectivity index (χ3n) is 9.80. The lowest BCUT2D eigenvalue weighted by molar-refractivity contribution is -0.143. The molecule has 1 aromatic heterocycles. The van der Waals surface area contributed by atoms with Crippen LogP contribution in [0.2, 0.25) is 0 Å². The Hall–Kier alpha value is -5.73. The first-order valence-electron chi connectivity index (χ1n) is 17.8. The van der Waals surface area contributed by atoms with Crippen LogP contribution >= 0.6 is 0 Å². The van der Waals surface area contributed by atoms with E-state index in [1.54, 1.807) is 30.2 Å². The van der Waals surface area contributed by atoms with Crippen LogP contribution in [0.15, 0.2) is 54.7 Å². The number of aromatic amines is 1. The Morgan fingerprint density at radius 1 is 0.868 bits per heavy atom. The number of methoxy groups -OCH3 is 2. The highest BCUT2D eigenvalue weighted by Crippen LogP contribution is 2.33. The molecule has 53 heavy (non-hydrogen) atoms. The number of H-pyrrole nitrogens is 1. The molecule has 3 heterocycles. The Bertz CT molecular complexity index is 1810. The zero-order valence-electron chi connectivity index (χ0n) is 30.6. The van der Waals surface area contributed by atoms with Crippen molar-refractivity contribution in [2.75, 3.05) is 33.9 Å². The zero-order chi connectivity index (χ0) is 38.2. The molecule has 4 atom stereocenters. The SMILES string of the molecule is COC(=O)N[C@H](C(=O)N1CCC[C@H]1c1ncc(-c2ccc(-c3ccc(C(=O)CNC(=O)[C@H](C)N4CCC[C@@H](NC(=O)OC)C4=O)cc3)cc2)[nH]1)C(C)C. The molecule has 4 N–H and O–H groups in total. The molecule has 0 saturated carbocycles. The summed E-state index contributed by atoms with van der Waals surface area (Å²) >= 11 is 0. The van der Waals surface area contributed by atoms with Gasteiger partial charge in [-0.3, -0.25) is 19.2 Å². The van der Waals surface area contributed by atoms with Crippen molar-refractivity contribution in [3.63, 3.8) is 0 Å². The Morgan fingerprint density at radius 3 is 2.13 bits per heavy atom. The van der Waals surface area contributed by atoms with Crippen LogP contribution in [0.25, 0.3) is 22.4 Å². The van der Waals surface area contributed by atoms with Gasteiger partial charge in [-0.2, -0.15) is 0 Å². The van der Waals surface area contributed by atoms with Gasteiger partial charge in [0.2, 0.25) is 17.7 Å². The summed E-state index contributed by atoms with van der Waals surface area (Å²) in [6.07, 6.45) is 3.03. The van der Waals surface area contributed by atoms with E-state index >= 15 is 0 Å². The number of alkyl carbamates (subject to hydrolysis) is 2. The van der Waals surface area contributed by atoms with Gasteiger partial charge in [0.15, 0.2) is 5.78 Å². The lowest BCUT2D eigenvalue weighted by atomic mass is 10.0. The van der Waals surface area contributed by atoms with E-state index in [0.717, 1.165) is 35.2 Å². The molecule has 2 saturated heterocycles. The molecule has 2 fully saturated rings. The Morgan fingerprint density at radius 2 is 1.49 bits per heavy atom. The largest absolute Gasteiger partial charge is 0.453 e. The molecule has 2 aliphatic heterocycles. The number of imidazole rings is 1. The summed E-state index contributed by atoms with van der Waals surface area (Å²) in [4.78, 5) is 86.8. The number of ketones is 1. The van der Waals surface area contributed by atoms with E-state index in [1.165, 1.54) is 19.1 Å². The second-order valence-corrected chi connectivity index (χ2v) is 13.6. The van der Waals surface area contributed by atoms with Crippen molar-refractivity contribution in [2.45, 2.75) is 70.6 Å². The number of nitrogens with one attached hydrogen (secondary N) is 4. The molecule has 3 aromatic rings. The van der Waals surface area contributed by atoms with Crippen molar-refractivity contribution in [3.05, 3.63) is 66.1 Å². The summed E-state index contributed by atoms with van der Waals surface area (Å²) in [5, 5.41) is 7.81. The molecule has 282 valence electrons. The molecule has 2 aromatic carbocycles. The van der Waals surface area contributed by atoms with Gasteiger partial charge in [0.1, 0.15) is 23.9 Å². The monoisotopic (exact) mass is 729 g/mol. The fraction of sp³-hybridized carbons (Fsp3) is 0.447. The molecule has 0 unspecified atom stereocenters. The number of amides is 5. The van der Waals surface area contributed by atoms with Crippen LogP contribution in [0.3, 0.4) is 0 Å². The number of carbonyl (C=O) groups is 6. The van der Waals surface area contributed by atoms with Gasteiger partial charge in [0.25, 0.3) is 0 Å². The minimum atomic E-state index is -0.822. The Labute approximate surface area is 308 Å². The predicted molar refractivity (Wildman–Crippen MR) is 194 cm³/mol. The molecule has 0 spiro atoms. The summed E-state index contributed by atoms with van der Waals surface area (Å²) in [6, 6.07) is 12.4. The number of hydrogen-bond donors (Lipinski definition) is 4. The van der Waals surface area contributed by atoms with Gasteiger partial charge in [-0.25, -0.2) is 14.6 Å². The van der Waals surface area contributed by atoms with E-state index in [0.29, 0.717) is 37.3 Å². The number of piperidine rings is 1. The molecule has 0 aliphatic carbocycles. The summed E-state index contributed by atoms with van der Waals surface area (Å²) in [6.45, 7) is 6.05. The minimum Gasteiger partial charge on any atom is -0.453 e. The van der Waals surface area contributed by atoms with E-state index in [4.69, 9.17) is 4.74 Å². The Kier molecular flexibility index (Phi) is 12.5. The van der Waals surface area contributed by atoms with Gasteiger partial charge in [-0.05, 0) is 55.2 Å². The van der Waals surface area contributed by atoms with Crippen molar-refractivity contribution >= 4 is 35.7 Å². The number of ether oxygens (including phenoxy) is 2. The molecule has 5 rings (SSSR count). The predicted octanol–water partition coefficient (Wildman–Crippen LogP) is 3.82. The molecule has 15 heteroatoms. The maximum absolute atomic E-state index is 13.5.